The van der Waals surface area contributed by atoms with Crippen molar-refractivity contribution in [1.82, 2.24) is 0 Å². The van der Waals surface area contributed by atoms with Crippen molar-refractivity contribution in [2.24, 2.45) is 5.73 Å². The number of sulfone groups is 1. The van der Waals surface area contributed by atoms with Crippen molar-refractivity contribution in [3.8, 4) is 0 Å². The van der Waals surface area contributed by atoms with E-state index in [1.54, 1.807) is 20.8 Å². The zero-order chi connectivity index (χ0) is 14.0. The van der Waals surface area contributed by atoms with Gasteiger partial charge in [0.15, 0.2) is 9.84 Å². The second-order valence-electron chi connectivity index (χ2n) is 5.46. The number of carbonyl (C=O) groups is 1. The molecule has 2 N–H and O–H groups in total. The van der Waals surface area contributed by atoms with E-state index in [-0.39, 0.29) is 6.61 Å². The van der Waals surface area contributed by atoms with E-state index >= 15 is 0 Å². The molecule has 106 valence electrons. The fraction of sp³-hybridized carbons (Fsp3) is 0.909. The molecule has 0 amide bonds. The first-order chi connectivity index (χ1) is 8.12. The molecule has 1 fully saturated rings. The van der Waals surface area contributed by atoms with E-state index in [9.17, 15) is 13.2 Å². The molecule has 2 atom stereocenters. The summed E-state index contributed by atoms with van der Waals surface area (Å²) < 4.78 is 34.2. The van der Waals surface area contributed by atoms with Gasteiger partial charge in [0.05, 0.1) is 6.61 Å². The van der Waals surface area contributed by atoms with Crippen LogP contribution in [0.25, 0.3) is 0 Å². The fourth-order valence-electron chi connectivity index (χ4n) is 1.74. The molecule has 0 saturated carbocycles. The van der Waals surface area contributed by atoms with Crippen molar-refractivity contribution in [3.63, 3.8) is 0 Å². The smallest absolute Gasteiger partial charge is 0.321 e. The monoisotopic (exact) mass is 279 g/mol. The van der Waals surface area contributed by atoms with Crippen molar-refractivity contribution in [2.45, 2.75) is 44.1 Å². The minimum Gasteiger partial charge on any atom is -0.459 e. The topological polar surface area (TPSA) is 95.7 Å². The van der Waals surface area contributed by atoms with E-state index in [2.05, 4.69) is 0 Å². The lowest BCUT2D eigenvalue weighted by atomic mass is 10.1. The van der Waals surface area contributed by atoms with Gasteiger partial charge >= 0.3 is 5.97 Å². The number of rotatable bonds is 3. The minimum absolute atomic E-state index is 0.0479. The molecule has 0 aromatic heterocycles. The summed E-state index contributed by atoms with van der Waals surface area (Å²) in [5.41, 5.74) is 5.06. The van der Waals surface area contributed by atoms with Gasteiger partial charge in [-0.25, -0.2) is 8.42 Å². The molecule has 0 aliphatic carbocycles. The van der Waals surface area contributed by atoms with Crippen LogP contribution in [0.2, 0.25) is 0 Å². The second-order valence-corrected chi connectivity index (χ2v) is 7.68. The lowest BCUT2D eigenvalue weighted by molar-refractivity contribution is -0.151. The highest BCUT2D eigenvalue weighted by molar-refractivity contribution is 7.92. The van der Waals surface area contributed by atoms with Crippen LogP contribution in [0.15, 0.2) is 0 Å². The Balaban J connectivity index is 2.67. The Hall–Kier alpha value is -0.660. The van der Waals surface area contributed by atoms with Gasteiger partial charge in [-0.15, -0.1) is 0 Å². The Kier molecular flexibility index (Phi) is 4.74. The maximum absolute atomic E-state index is 12.0. The molecule has 0 bridgehead atoms. The molecule has 0 radical (unpaired) electrons. The molecule has 1 aliphatic heterocycles. The van der Waals surface area contributed by atoms with Crippen LogP contribution in [0, 0.1) is 0 Å². The Morgan fingerprint density at radius 3 is 2.56 bits per heavy atom. The van der Waals surface area contributed by atoms with Crippen LogP contribution < -0.4 is 5.73 Å². The van der Waals surface area contributed by atoms with E-state index in [1.807, 2.05) is 0 Å². The molecule has 1 rings (SSSR count). The average Bonchev–Trinajstić information content (AvgIpc) is 2.13. The predicted octanol–water partition coefficient (Wildman–Crippen LogP) is -0.141. The predicted molar refractivity (Wildman–Crippen MR) is 66.8 cm³/mol. The van der Waals surface area contributed by atoms with Crippen LogP contribution in [0.4, 0.5) is 0 Å². The first kappa shape index (κ1) is 15.4. The van der Waals surface area contributed by atoms with Crippen LogP contribution in [-0.2, 0) is 24.1 Å². The van der Waals surface area contributed by atoms with Gasteiger partial charge in [0.25, 0.3) is 0 Å². The van der Waals surface area contributed by atoms with Crippen molar-refractivity contribution < 1.29 is 22.7 Å². The summed E-state index contributed by atoms with van der Waals surface area (Å²) >= 11 is 0. The lowest BCUT2D eigenvalue weighted by Gasteiger charge is -2.28. The zero-order valence-electron chi connectivity index (χ0n) is 11.0. The Morgan fingerprint density at radius 1 is 1.44 bits per heavy atom. The molecular formula is C11H21NO5S. The van der Waals surface area contributed by atoms with Crippen molar-refractivity contribution in [2.75, 3.05) is 19.0 Å². The third-order valence-corrected chi connectivity index (χ3v) is 4.60. The van der Waals surface area contributed by atoms with Gasteiger partial charge in [-0.05, 0) is 27.2 Å². The van der Waals surface area contributed by atoms with E-state index in [0.29, 0.717) is 13.0 Å². The molecule has 0 spiro atoms. The Morgan fingerprint density at radius 2 is 2.06 bits per heavy atom. The molecule has 0 aromatic rings. The largest absolute Gasteiger partial charge is 0.459 e. The van der Waals surface area contributed by atoms with Crippen molar-refractivity contribution in [1.29, 1.82) is 0 Å². The standard InChI is InChI=1S/C11H21NO5S/c1-11(2,3)17-10(13)7-18(14,15)9-6-16-5-4-8(9)12/h8-9H,4-7,12H2,1-3H3. The van der Waals surface area contributed by atoms with Gasteiger partial charge in [0.1, 0.15) is 16.6 Å². The molecular weight excluding hydrogens is 258 g/mol. The fourth-order valence-corrected chi connectivity index (χ4v) is 3.31. The number of esters is 1. The summed E-state index contributed by atoms with van der Waals surface area (Å²) in [7, 11) is -3.63. The second kappa shape index (κ2) is 5.54. The van der Waals surface area contributed by atoms with Gasteiger partial charge < -0.3 is 15.2 Å². The summed E-state index contributed by atoms with van der Waals surface area (Å²) in [6.07, 6.45) is 0.484. The van der Waals surface area contributed by atoms with Crippen LogP contribution in [-0.4, -0.2) is 50.2 Å². The molecule has 6 nitrogen and oxygen atoms in total. The quantitative estimate of drug-likeness (QED) is 0.722. The van der Waals surface area contributed by atoms with Gasteiger partial charge in [0.2, 0.25) is 0 Å². The van der Waals surface area contributed by atoms with Gasteiger partial charge in [-0.3, -0.25) is 4.79 Å². The van der Waals surface area contributed by atoms with Crippen molar-refractivity contribution in [3.05, 3.63) is 0 Å². The summed E-state index contributed by atoms with van der Waals surface area (Å²) in [6.45, 7) is 5.57. The highest BCUT2D eigenvalue weighted by Crippen LogP contribution is 2.16. The molecule has 18 heavy (non-hydrogen) atoms. The number of carbonyl (C=O) groups excluding carboxylic acids is 1. The molecule has 1 saturated heterocycles. The highest BCUT2D eigenvalue weighted by Gasteiger charge is 2.36. The molecule has 1 heterocycles. The van der Waals surface area contributed by atoms with E-state index in [4.69, 9.17) is 15.2 Å². The number of ether oxygens (including phenoxy) is 2. The summed E-state index contributed by atoms with van der Waals surface area (Å²) in [5.74, 6) is -1.40. The zero-order valence-corrected chi connectivity index (χ0v) is 11.8. The molecule has 7 heteroatoms. The number of nitrogens with two attached hydrogens (primary N) is 1. The SMILES string of the molecule is CC(C)(C)OC(=O)CS(=O)(=O)C1COCCC1N. The van der Waals surface area contributed by atoms with Crippen LogP contribution in [0.3, 0.4) is 0 Å². The highest BCUT2D eigenvalue weighted by atomic mass is 32.2. The Labute approximate surface area is 108 Å². The van der Waals surface area contributed by atoms with Gasteiger partial charge in [-0.2, -0.15) is 0 Å². The maximum Gasteiger partial charge on any atom is 0.321 e. The van der Waals surface area contributed by atoms with E-state index in [0.717, 1.165) is 0 Å². The summed E-state index contributed by atoms with van der Waals surface area (Å²) in [6, 6.07) is -0.480. The third-order valence-electron chi connectivity index (χ3n) is 2.56. The molecule has 0 aromatic carbocycles. The number of hydrogen-bond donors (Lipinski definition) is 1. The average molecular weight is 279 g/mol. The molecule has 2 unspecified atom stereocenters. The normalized spacial score (nSPS) is 25.8. The first-order valence-corrected chi connectivity index (χ1v) is 7.60. The summed E-state index contributed by atoms with van der Waals surface area (Å²) in [4.78, 5) is 11.5. The van der Waals surface area contributed by atoms with Crippen molar-refractivity contribution >= 4 is 15.8 Å². The summed E-state index contributed by atoms with van der Waals surface area (Å²) in [5, 5.41) is -0.821. The van der Waals surface area contributed by atoms with Crippen LogP contribution in [0.5, 0.6) is 0 Å². The maximum atomic E-state index is 12.0. The Bertz CT molecular complexity index is 398. The number of hydrogen-bond acceptors (Lipinski definition) is 6. The van der Waals surface area contributed by atoms with Gasteiger partial charge in [0, 0.05) is 12.6 Å². The van der Waals surface area contributed by atoms with Crippen LogP contribution in [0.1, 0.15) is 27.2 Å². The first-order valence-electron chi connectivity index (χ1n) is 5.88. The van der Waals surface area contributed by atoms with E-state index < -0.39 is 38.5 Å². The third kappa shape index (κ3) is 4.55. The van der Waals surface area contributed by atoms with E-state index in [1.165, 1.54) is 0 Å². The lowest BCUT2D eigenvalue weighted by Crippen LogP contribution is -2.49. The molecule has 1 aliphatic rings. The minimum atomic E-state index is -3.63. The van der Waals surface area contributed by atoms with Crippen LogP contribution >= 0.6 is 0 Å². The van der Waals surface area contributed by atoms with Gasteiger partial charge in [-0.1, -0.05) is 0 Å².